The van der Waals surface area contributed by atoms with Crippen LogP contribution in [-0.4, -0.2) is 107 Å². The first kappa shape index (κ1) is 54.4. The lowest BCUT2D eigenvalue weighted by atomic mass is 10.1. The summed E-state index contributed by atoms with van der Waals surface area (Å²) < 4.78 is 19.8. The summed E-state index contributed by atoms with van der Waals surface area (Å²) in [5, 5.41) is 54.0. The Kier molecular flexibility index (Phi) is 17.2. The van der Waals surface area contributed by atoms with Crippen LogP contribution in [0.1, 0.15) is 6.42 Å². The minimum absolute atomic E-state index is 0.0370. The van der Waals surface area contributed by atoms with E-state index in [1.165, 1.54) is 0 Å². The Morgan fingerprint density at radius 2 is 0.713 bits per heavy atom. The highest BCUT2D eigenvalue weighted by atomic mass is 127. The minimum Gasteiger partial charge on any atom is -0.394 e. The lowest BCUT2D eigenvalue weighted by Gasteiger charge is -2.14. The number of alkyl halides is 2. The predicted molar refractivity (Wildman–Crippen MR) is 326 cm³/mol. The number of rotatable bonds is 13. The second-order valence-electron chi connectivity index (χ2n) is 18.7. The number of aliphatic hydroxyl groups is 1. The monoisotopic (exact) mass is 1230 g/mol. The first-order valence-corrected chi connectivity index (χ1v) is 28.6. The van der Waals surface area contributed by atoms with Gasteiger partial charge in [0.2, 0.25) is 0 Å². The normalized spacial score (nSPS) is 13.3. The number of aryl methyl sites for hydroxylation is 1. The quantitative estimate of drug-likeness (QED) is 0.0866. The van der Waals surface area contributed by atoms with Gasteiger partial charge in [0, 0.05) is 57.4 Å². The average molecular weight is 1230 g/mol. The summed E-state index contributed by atoms with van der Waals surface area (Å²) >= 11 is 22.7. The van der Waals surface area contributed by atoms with Crippen molar-refractivity contribution in [1.82, 2.24) is 64.8 Å². The summed E-state index contributed by atoms with van der Waals surface area (Å²) in [6, 6.07) is 59.2. The highest BCUT2D eigenvalue weighted by molar-refractivity contribution is 14.1. The van der Waals surface area contributed by atoms with Crippen molar-refractivity contribution in [3.63, 3.8) is 0 Å². The predicted octanol–water partition coefficient (Wildman–Crippen LogP) is 13.9. The number of aliphatic hydroxyl groups excluding tert-OH is 1. The molecular weight excluding hydrogens is 1180 g/mol. The van der Waals surface area contributed by atoms with Crippen LogP contribution in [0.2, 0.25) is 15.1 Å². The number of likely N-dealkylation sites (tertiary alicyclic amines) is 1. The Labute approximate surface area is 489 Å². The topological polar surface area (TPSA) is 154 Å². The van der Waals surface area contributed by atoms with Crippen LogP contribution >= 0.6 is 57.4 Å². The smallest absolute Gasteiger partial charge is 0.182 e. The van der Waals surface area contributed by atoms with Crippen molar-refractivity contribution in [2.24, 2.45) is 0 Å². The molecule has 12 aromatic rings. The molecule has 0 aliphatic carbocycles. The molecule has 0 spiro atoms. The maximum atomic E-state index is 13.5. The molecule has 80 heavy (non-hydrogen) atoms. The molecule has 1 saturated heterocycles. The van der Waals surface area contributed by atoms with E-state index in [-0.39, 0.29) is 6.61 Å². The second-order valence-corrected chi connectivity index (χ2v) is 20.9. The molecule has 0 amide bonds. The van der Waals surface area contributed by atoms with Crippen molar-refractivity contribution >= 4 is 90.5 Å². The molecule has 1 aliphatic heterocycles. The summed E-state index contributed by atoms with van der Waals surface area (Å²) in [6.07, 6.45) is -0.136. The highest BCUT2D eigenvalue weighted by Crippen LogP contribution is 2.40. The van der Waals surface area contributed by atoms with Gasteiger partial charge < -0.3 is 5.11 Å². The molecule has 6 aromatic heterocycles. The largest absolute Gasteiger partial charge is 0.394 e. The number of halogens is 5. The van der Waals surface area contributed by atoms with Gasteiger partial charge in [-0.15, -0.1) is 30.6 Å². The molecule has 1 N–H and O–H groups in total. The second kappa shape index (κ2) is 25.3. The molecule has 0 radical (unpaired) electrons. The summed E-state index contributed by atoms with van der Waals surface area (Å²) in [5.74, 6) is 0. The van der Waals surface area contributed by atoms with Crippen LogP contribution in [0.25, 0.3) is 101 Å². The number of fused-ring (bicyclic) bond motifs is 3. The van der Waals surface area contributed by atoms with E-state index in [2.05, 4.69) is 63.2 Å². The third kappa shape index (κ3) is 11.5. The lowest BCUT2D eigenvalue weighted by molar-refractivity contribution is 0.271. The Bertz CT molecular complexity index is 3860. The number of benzene rings is 6. The Hall–Kier alpha value is -7.58. The number of nitrogens with zero attached hydrogens (tertiary/aromatic N) is 13. The van der Waals surface area contributed by atoms with Crippen LogP contribution in [-0.2, 0) is 19.6 Å². The van der Waals surface area contributed by atoms with Crippen molar-refractivity contribution in [3.05, 3.63) is 197 Å². The van der Waals surface area contributed by atoms with Gasteiger partial charge in [-0.3, -0.25) is 4.90 Å². The summed E-state index contributed by atoms with van der Waals surface area (Å²) in [4.78, 5) is 2.12. The fourth-order valence-electron chi connectivity index (χ4n) is 9.65. The van der Waals surface area contributed by atoms with E-state index in [1.807, 2.05) is 191 Å². The molecular formula is C61H50Cl3FIN13O. The summed E-state index contributed by atoms with van der Waals surface area (Å²) in [6.45, 7) is 3.63. The SMILES string of the molecule is Clc1c(-c2ccccc2)nnc2c1c(-c1ccccc1)nn2CCI.F[C@H]1CCN(CCn2nc(-c3ccccc3)c3c(Cl)c(-c4ccccc4)nnc32)C1.OCCn1nc(-c2ccccc2)c2c(Cl)c(-c3ccccc3)nnc21. The van der Waals surface area contributed by atoms with Crippen molar-refractivity contribution < 1.29 is 9.50 Å². The zero-order valence-electron chi connectivity index (χ0n) is 42.9. The van der Waals surface area contributed by atoms with Crippen LogP contribution < -0.4 is 0 Å². The van der Waals surface area contributed by atoms with Crippen molar-refractivity contribution in [2.75, 3.05) is 30.7 Å². The summed E-state index contributed by atoms with van der Waals surface area (Å²) in [5.41, 5.74) is 11.9. The molecule has 0 bridgehead atoms. The molecule has 0 unspecified atom stereocenters. The highest BCUT2D eigenvalue weighted by Gasteiger charge is 2.26. The standard InChI is InChI=1S/C23H21ClFN5.C19H14ClIN4.C19H15ClN4O/c24-20-19-21(16-7-3-1-4-8-16)28-30(14-13-29-12-11-18(25)15-29)23(19)27-26-22(20)17-9-5-2-6-10-17;20-16-15-17(13-7-3-1-4-8-13)24-25(12-11-21)19(15)23-22-18(16)14-9-5-2-6-10-14;20-16-15-17(13-7-3-1-4-8-13)23-24(11-12-25)19(15)22-21-18(16)14-9-5-2-6-10-14/h1-10,18H,11-15H2;1-10H,11-12H2;1-10,25H,11-12H2/t18-;;/m0../s1. The first-order chi connectivity index (χ1) is 39.3. The maximum Gasteiger partial charge on any atom is 0.182 e. The van der Waals surface area contributed by atoms with E-state index in [0.717, 1.165) is 89.8 Å². The molecule has 6 aromatic carbocycles. The molecule has 400 valence electrons. The zero-order valence-corrected chi connectivity index (χ0v) is 47.3. The lowest BCUT2D eigenvalue weighted by Crippen LogP contribution is -2.26. The molecule has 13 rings (SSSR count). The number of hydrogen-bond acceptors (Lipinski definition) is 11. The fraction of sp³-hybridized carbons (Fsp3) is 0.164. The van der Waals surface area contributed by atoms with Gasteiger partial charge >= 0.3 is 0 Å². The van der Waals surface area contributed by atoms with Crippen LogP contribution in [0.4, 0.5) is 4.39 Å². The third-order valence-corrected chi connectivity index (χ3v) is 15.1. The van der Waals surface area contributed by atoms with Crippen LogP contribution in [0.3, 0.4) is 0 Å². The van der Waals surface area contributed by atoms with Gasteiger partial charge in [0.25, 0.3) is 0 Å². The van der Waals surface area contributed by atoms with Crippen molar-refractivity contribution in [1.29, 1.82) is 0 Å². The Morgan fingerprint density at radius 3 is 1.00 bits per heavy atom. The minimum atomic E-state index is -0.734. The van der Waals surface area contributed by atoms with Crippen LogP contribution in [0.5, 0.6) is 0 Å². The maximum absolute atomic E-state index is 13.5. The number of aromatic nitrogens is 12. The van der Waals surface area contributed by atoms with E-state index < -0.39 is 6.17 Å². The van der Waals surface area contributed by atoms with E-state index in [4.69, 9.17) is 45.0 Å². The number of hydrogen-bond donors (Lipinski definition) is 1. The first-order valence-electron chi connectivity index (χ1n) is 25.9. The van der Waals surface area contributed by atoms with Crippen molar-refractivity contribution in [3.8, 4) is 67.5 Å². The van der Waals surface area contributed by atoms with Gasteiger partial charge in [-0.1, -0.05) is 239 Å². The molecule has 19 heteroatoms. The van der Waals surface area contributed by atoms with Gasteiger partial charge in [0.05, 0.1) is 57.5 Å². The average Bonchev–Trinajstić information content (AvgIpc) is 4.32. The zero-order chi connectivity index (χ0) is 55.0. The van der Waals surface area contributed by atoms with E-state index >= 15 is 0 Å². The van der Waals surface area contributed by atoms with Gasteiger partial charge in [-0.25, -0.2) is 18.4 Å². The van der Waals surface area contributed by atoms with E-state index in [9.17, 15) is 9.50 Å². The van der Waals surface area contributed by atoms with Gasteiger partial charge in [0.1, 0.15) is 40.3 Å². The Balaban J connectivity index is 0.000000127. The third-order valence-electron chi connectivity index (χ3n) is 13.5. The fourth-order valence-corrected chi connectivity index (χ4v) is 11.1. The molecule has 1 aliphatic rings. The summed E-state index contributed by atoms with van der Waals surface area (Å²) in [7, 11) is 0. The molecule has 0 saturated carbocycles. The van der Waals surface area contributed by atoms with Gasteiger partial charge in [-0.05, 0) is 6.42 Å². The molecule has 1 atom stereocenters. The van der Waals surface area contributed by atoms with Crippen LogP contribution in [0, 0.1) is 0 Å². The van der Waals surface area contributed by atoms with E-state index in [1.54, 1.807) is 4.68 Å². The van der Waals surface area contributed by atoms with E-state index in [0.29, 0.717) is 76.0 Å². The molecule has 7 heterocycles. The molecule has 1 fully saturated rings. The van der Waals surface area contributed by atoms with Crippen LogP contribution in [0.15, 0.2) is 182 Å². The molecule has 14 nitrogen and oxygen atoms in total. The Morgan fingerprint density at radius 1 is 0.412 bits per heavy atom. The van der Waals surface area contributed by atoms with Crippen molar-refractivity contribution in [2.45, 2.75) is 32.2 Å². The van der Waals surface area contributed by atoms with Gasteiger partial charge in [0.15, 0.2) is 16.9 Å². The van der Waals surface area contributed by atoms with Gasteiger partial charge in [-0.2, -0.15) is 15.3 Å².